The second kappa shape index (κ2) is 12.2. The van der Waals surface area contributed by atoms with Gasteiger partial charge in [-0.2, -0.15) is 8.78 Å². The van der Waals surface area contributed by atoms with Crippen LogP contribution in [0.4, 0.5) is 8.78 Å². The van der Waals surface area contributed by atoms with Gasteiger partial charge in [0.1, 0.15) is 5.75 Å². The molecule has 0 bridgehead atoms. The van der Waals surface area contributed by atoms with Crippen molar-refractivity contribution >= 4 is 11.8 Å². The molecule has 0 radical (unpaired) electrons. The minimum absolute atomic E-state index is 0.0503. The Hall–Kier alpha value is -3.22. The molecule has 5 nitrogen and oxygen atoms in total. The number of benzene rings is 2. The number of hydrazine groups is 1. The van der Waals surface area contributed by atoms with E-state index in [1.165, 1.54) is 5.01 Å². The Bertz CT molecular complexity index is 1090. The van der Waals surface area contributed by atoms with Crippen LogP contribution >= 0.6 is 0 Å². The van der Waals surface area contributed by atoms with Gasteiger partial charge in [-0.25, -0.2) is 5.01 Å². The number of nitrogens with zero attached hydrogens (tertiary/aromatic N) is 1. The van der Waals surface area contributed by atoms with Crippen molar-refractivity contribution in [3.63, 3.8) is 0 Å². The molecule has 0 fully saturated rings. The standard InChI is InChI=1S/C29H38F2N2O3/c1-9-11-21-13-14-23(20(5)25(21)36-28(30)31)26(34)32-33(24(12-10-2)29(6,7)8)27(35)22-16-18(3)15-19(4)17-22/h9,13-17,24,28H,1,10-12H2,2-8H3,(H,32,34). The van der Waals surface area contributed by atoms with E-state index in [0.29, 0.717) is 24.0 Å². The SMILES string of the molecule is C=CCc1ccc(C(=O)NN(C(=O)c2cc(C)cc(C)c2)C(CCC)C(C)(C)C)c(C)c1OC(F)F. The predicted molar refractivity (Wildman–Crippen MR) is 139 cm³/mol. The number of aryl methyl sites for hydroxylation is 2. The minimum atomic E-state index is -3.04. The first-order chi connectivity index (χ1) is 16.8. The second-order valence-electron chi connectivity index (χ2n) is 10.3. The van der Waals surface area contributed by atoms with Crippen LogP contribution in [0.25, 0.3) is 0 Å². The third-order valence-electron chi connectivity index (χ3n) is 6.09. The lowest BCUT2D eigenvalue weighted by molar-refractivity contribution is -0.0508. The zero-order valence-corrected chi connectivity index (χ0v) is 22.4. The summed E-state index contributed by atoms with van der Waals surface area (Å²) in [6, 6.07) is 8.40. The monoisotopic (exact) mass is 500 g/mol. The summed E-state index contributed by atoms with van der Waals surface area (Å²) in [5, 5.41) is 1.41. The molecule has 0 heterocycles. The Balaban J connectivity index is 2.57. The van der Waals surface area contributed by atoms with Crippen molar-refractivity contribution in [3.8, 4) is 5.75 Å². The first-order valence-electron chi connectivity index (χ1n) is 12.2. The van der Waals surface area contributed by atoms with Crippen LogP contribution in [-0.4, -0.2) is 29.5 Å². The molecular weight excluding hydrogens is 462 g/mol. The molecule has 2 aromatic carbocycles. The highest BCUT2D eigenvalue weighted by Crippen LogP contribution is 2.31. The average molecular weight is 501 g/mol. The van der Waals surface area contributed by atoms with Gasteiger partial charge in [0.25, 0.3) is 11.8 Å². The van der Waals surface area contributed by atoms with Crippen LogP contribution < -0.4 is 10.2 Å². The van der Waals surface area contributed by atoms with Crippen LogP contribution in [0, 0.1) is 26.2 Å². The molecule has 0 saturated carbocycles. The molecule has 0 aliphatic rings. The van der Waals surface area contributed by atoms with E-state index in [1.54, 1.807) is 37.3 Å². The van der Waals surface area contributed by atoms with Crippen molar-refractivity contribution in [2.24, 2.45) is 5.41 Å². The van der Waals surface area contributed by atoms with Gasteiger partial charge in [-0.15, -0.1) is 6.58 Å². The van der Waals surface area contributed by atoms with Crippen LogP contribution in [-0.2, 0) is 6.42 Å². The largest absolute Gasteiger partial charge is 0.434 e. The van der Waals surface area contributed by atoms with Gasteiger partial charge in [0.2, 0.25) is 0 Å². The van der Waals surface area contributed by atoms with Crippen LogP contribution in [0.3, 0.4) is 0 Å². The summed E-state index contributed by atoms with van der Waals surface area (Å²) in [6.45, 7) is 14.1. The molecule has 36 heavy (non-hydrogen) atoms. The molecule has 0 aliphatic carbocycles. The van der Waals surface area contributed by atoms with Gasteiger partial charge in [-0.1, -0.05) is 63.5 Å². The smallest absolute Gasteiger partial charge is 0.387 e. The molecule has 1 N–H and O–H groups in total. The van der Waals surface area contributed by atoms with E-state index in [9.17, 15) is 18.4 Å². The van der Waals surface area contributed by atoms with E-state index in [1.807, 2.05) is 47.6 Å². The lowest BCUT2D eigenvalue weighted by Gasteiger charge is -2.40. The number of nitrogens with one attached hydrogen (secondary N) is 1. The molecule has 2 amide bonds. The number of halogens is 2. The number of amides is 2. The molecule has 7 heteroatoms. The molecule has 2 rings (SSSR count). The molecular formula is C29H38F2N2O3. The Morgan fingerprint density at radius 2 is 1.72 bits per heavy atom. The highest BCUT2D eigenvalue weighted by Gasteiger charge is 2.35. The summed E-state index contributed by atoms with van der Waals surface area (Å²) in [5.41, 5.74) is 5.75. The maximum atomic E-state index is 13.8. The maximum Gasteiger partial charge on any atom is 0.387 e. The Morgan fingerprint density at radius 3 is 2.22 bits per heavy atom. The zero-order chi connectivity index (χ0) is 27.2. The average Bonchev–Trinajstić information content (AvgIpc) is 2.76. The first kappa shape index (κ1) is 29.0. The van der Waals surface area contributed by atoms with Gasteiger partial charge < -0.3 is 4.74 Å². The van der Waals surface area contributed by atoms with Crippen molar-refractivity contribution in [2.45, 2.75) is 80.4 Å². The van der Waals surface area contributed by atoms with Gasteiger partial charge in [0.15, 0.2) is 0 Å². The third kappa shape index (κ3) is 7.15. The fourth-order valence-corrected chi connectivity index (χ4v) is 4.46. The van der Waals surface area contributed by atoms with Gasteiger partial charge in [-0.3, -0.25) is 15.0 Å². The van der Waals surface area contributed by atoms with E-state index in [0.717, 1.165) is 17.5 Å². The number of carbonyl (C=O) groups is 2. The number of rotatable bonds is 9. The summed E-state index contributed by atoms with van der Waals surface area (Å²) in [7, 11) is 0. The van der Waals surface area contributed by atoms with Crippen LogP contribution in [0.2, 0.25) is 0 Å². The van der Waals surface area contributed by atoms with E-state index in [2.05, 4.69) is 12.0 Å². The van der Waals surface area contributed by atoms with E-state index in [-0.39, 0.29) is 34.2 Å². The Morgan fingerprint density at radius 1 is 1.11 bits per heavy atom. The quantitative estimate of drug-likeness (QED) is 0.300. The number of ether oxygens (including phenoxy) is 1. The van der Waals surface area contributed by atoms with Crippen molar-refractivity contribution in [1.82, 2.24) is 10.4 Å². The lowest BCUT2D eigenvalue weighted by atomic mass is 9.83. The van der Waals surface area contributed by atoms with E-state index in [4.69, 9.17) is 4.74 Å². The van der Waals surface area contributed by atoms with E-state index < -0.39 is 12.5 Å². The predicted octanol–water partition coefficient (Wildman–Crippen LogP) is 6.94. The fourth-order valence-electron chi connectivity index (χ4n) is 4.46. The molecule has 0 spiro atoms. The molecule has 1 unspecified atom stereocenters. The number of alkyl halides is 2. The van der Waals surface area contributed by atoms with Gasteiger partial charge in [-0.05, 0) is 62.8 Å². The number of hydrogen-bond donors (Lipinski definition) is 1. The van der Waals surface area contributed by atoms with Gasteiger partial charge >= 0.3 is 6.61 Å². The third-order valence-corrected chi connectivity index (χ3v) is 6.09. The molecule has 2 aromatic rings. The van der Waals surface area contributed by atoms with Crippen molar-refractivity contribution < 1.29 is 23.1 Å². The maximum absolute atomic E-state index is 13.8. The Labute approximate surface area is 213 Å². The second-order valence-corrected chi connectivity index (χ2v) is 10.3. The van der Waals surface area contributed by atoms with Crippen LogP contribution in [0.5, 0.6) is 5.75 Å². The normalized spacial score (nSPS) is 12.3. The highest BCUT2D eigenvalue weighted by atomic mass is 19.3. The Kier molecular flexibility index (Phi) is 9.79. The molecule has 196 valence electrons. The van der Waals surface area contributed by atoms with E-state index >= 15 is 0 Å². The van der Waals surface area contributed by atoms with Crippen molar-refractivity contribution in [1.29, 1.82) is 0 Å². The summed E-state index contributed by atoms with van der Waals surface area (Å²) < 4.78 is 31.1. The summed E-state index contributed by atoms with van der Waals surface area (Å²) in [4.78, 5) is 27.3. The number of allylic oxidation sites excluding steroid dienone is 1. The minimum Gasteiger partial charge on any atom is -0.434 e. The molecule has 0 aliphatic heterocycles. The fraction of sp³-hybridized carbons (Fsp3) is 0.448. The van der Waals surface area contributed by atoms with Gasteiger partial charge in [0, 0.05) is 16.7 Å². The zero-order valence-electron chi connectivity index (χ0n) is 22.4. The van der Waals surface area contributed by atoms with Crippen molar-refractivity contribution in [3.05, 3.63) is 76.4 Å². The van der Waals surface area contributed by atoms with Crippen LogP contribution in [0.1, 0.15) is 83.5 Å². The molecule has 1 atom stereocenters. The van der Waals surface area contributed by atoms with Gasteiger partial charge in [0.05, 0.1) is 6.04 Å². The number of hydrogen-bond acceptors (Lipinski definition) is 3. The first-order valence-corrected chi connectivity index (χ1v) is 12.2. The molecule has 0 saturated heterocycles. The molecule has 0 aromatic heterocycles. The number of carbonyl (C=O) groups excluding carboxylic acids is 2. The highest BCUT2D eigenvalue weighted by molar-refractivity contribution is 6.00. The summed E-state index contributed by atoms with van der Waals surface area (Å²) in [6.07, 6.45) is 3.36. The summed E-state index contributed by atoms with van der Waals surface area (Å²) in [5.74, 6) is -0.945. The van der Waals surface area contributed by atoms with Crippen molar-refractivity contribution in [2.75, 3.05) is 0 Å². The topological polar surface area (TPSA) is 58.6 Å². The van der Waals surface area contributed by atoms with Crippen LogP contribution in [0.15, 0.2) is 43.0 Å². The lowest BCUT2D eigenvalue weighted by Crippen LogP contribution is -2.56. The summed E-state index contributed by atoms with van der Waals surface area (Å²) >= 11 is 0.